The second-order valence-corrected chi connectivity index (χ2v) is 5.65. The fraction of sp³-hybridized carbons (Fsp3) is 0.786. The van der Waals surface area contributed by atoms with Crippen molar-refractivity contribution in [2.75, 3.05) is 33.4 Å². The van der Waals surface area contributed by atoms with E-state index in [2.05, 4.69) is 15.6 Å². The maximum atomic E-state index is 12.5. The average molecular weight is 295 g/mol. The zero-order valence-electron chi connectivity index (χ0n) is 13.1. The van der Waals surface area contributed by atoms with E-state index in [1.165, 1.54) is 0 Å². The van der Waals surface area contributed by atoms with Gasteiger partial charge in [-0.1, -0.05) is 5.21 Å². The number of nitrogens with zero attached hydrogens (tertiary/aromatic N) is 4. The second kappa shape index (κ2) is 7.51. The Morgan fingerprint density at radius 1 is 1.52 bits per heavy atom. The topological polar surface area (TPSA) is 72.3 Å². The lowest BCUT2D eigenvalue weighted by atomic mass is 10.1. The van der Waals surface area contributed by atoms with Gasteiger partial charge in [-0.3, -0.25) is 4.79 Å². The molecule has 0 radical (unpaired) electrons. The summed E-state index contributed by atoms with van der Waals surface area (Å²) in [6, 6.07) is 0.448. The van der Waals surface area contributed by atoms with Crippen molar-refractivity contribution in [3.63, 3.8) is 0 Å². The number of piperidine rings is 1. The maximum Gasteiger partial charge on any atom is 0.276 e. The molecule has 1 aromatic heterocycles. The van der Waals surface area contributed by atoms with E-state index < -0.39 is 0 Å². The molecule has 1 aliphatic rings. The largest absolute Gasteiger partial charge is 0.383 e. The molecule has 1 amide bonds. The van der Waals surface area contributed by atoms with Gasteiger partial charge in [-0.25, -0.2) is 4.68 Å². The fourth-order valence-electron chi connectivity index (χ4n) is 2.56. The molecular formula is C14H25N5O2. The molecule has 118 valence electrons. The number of nitrogens with one attached hydrogen (secondary N) is 1. The Balaban J connectivity index is 2.05. The summed E-state index contributed by atoms with van der Waals surface area (Å²) in [6.45, 7) is 7.04. The standard InChI is InChI=1S/C14H25N5O2/c1-11(2)18(8-9-21-3)14(20)13-10-19(17-16-13)12-4-6-15-7-5-12/h10-12,15H,4-9H2,1-3H3. The number of hydrogen-bond acceptors (Lipinski definition) is 5. The number of rotatable bonds is 6. The van der Waals surface area contributed by atoms with Gasteiger partial charge in [0.25, 0.3) is 5.91 Å². The molecule has 2 heterocycles. The van der Waals surface area contributed by atoms with Gasteiger partial charge in [0.2, 0.25) is 0 Å². The molecular weight excluding hydrogens is 270 g/mol. The van der Waals surface area contributed by atoms with Crippen LogP contribution in [0.25, 0.3) is 0 Å². The molecule has 1 saturated heterocycles. The number of amides is 1. The Bertz CT molecular complexity index is 454. The fourth-order valence-corrected chi connectivity index (χ4v) is 2.56. The molecule has 2 rings (SSSR count). The Morgan fingerprint density at radius 2 is 2.24 bits per heavy atom. The van der Waals surface area contributed by atoms with Crippen molar-refractivity contribution < 1.29 is 9.53 Å². The van der Waals surface area contributed by atoms with Gasteiger partial charge in [0.15, 0.2) is 5.69 Å². The molecule has 1 fully saturated rings. The first-order valence-electron chi connectivity index (χ1n) is 7.56. The Hall–Kier alpha value is -1.47. The lowest BCUT2D eigenvalue weighted by Crippen LogP contribution is -2.39. The van der Waals surface area contributed by atoms with Crippen molar-refractivity contribution in [2.24, 2.45) is 0 Å². The quantitative estimate of drug-likeness (QED) is 0.836. The van der Waals surface area contributed by atoms with Crippen LogP contribution in [0.3, 0.4) is 0 Å². The zero-order valence-corrected chi connectivity index (χ0v) is 13.1. The van der Waals surface area contributed by atoms with E-state index in [1.807, 2.05) is 18.5 Å². The molecule has 1 aromatic rings. The normalized spacial score (nSPS) is 16.4. The second-order valence-electron chi connectivity index (χ2n) is 5.65. The zero-order chi connectivity index (χ0) is 15.2. The van der Waals surface area contributed by atoms with E-state index in [9.17, 15) is 4.79 Å². The smallest absolute Gasteiger partial charge is 0.276 e. The molecule has 0 unspecified atom stereocenters. The molecule has 0 saturated carbocycles. The van der Waals surface area contributed by atoms with Gasteiger partial charge in [-0.2, -0.15) is 0 Å². The number of ether oxygens (including phenoxy) is 1. The lowest BCUT2D eigenvalue weighted by molar-refractivity contribution is 0.0629. The van der Waals surface area contributed by atoms with Crippen LogP contribution in [0.2, 0.25) is 0 Å². The average Bonchev–Trinajstić information content (AvgIpc) is 2.98. The minimum atomic E-state index is -0.0813. The Labute approximate surface area is 125 Å². The first-order chi connectivity index (χ1) is 10.1. The number of carbonyl (C=O) groups excluding carboxylic acids is 1. The van der Waals surface area contributed by atoms with Crippen LogP contribution in [0, 0.1) is 0 Å². The predicted molar refractivity (Wildman–Crippen MR) is 79.2 cm³/mol. The SMILES string of the molecule is COCCN(C(=O)c1cn(C2CCNCC2)nn1)C(C)C. The van der Waals surface area contributed by atoms with E-state index in [1.54, 1.807) is 18.2 Å². The summed E-state index contributed by atoms with van der Waals surface area (Å²) in [5.41, 5.74) is 0.415. The highest BCUT2D eigenvalue weighted by atomic mass is 16.5. The van der Waals surface area contributed by atoms with E-state index in [0.29, 0.717) is 24.9 Å². The highest BCUT2D eigenvalue weighted by molar-refractivity contribution is 5.92. The van der Waals surface area contributed by atoms with Crippen molar-refractivity contribution >= 4 is 5.91 Å². The van der Waals surface area contributed by atoms with Crippen LogP contribution >= 0.6 is 0 Å². The van der Waals surface area contributed by atoms with Crippen molar-refractivity contribution in [3.05, 3.63) is 11.9 Å². The van der Waals surface area contributed by atoms with Crippen LogP contribution in [0.15, 0.2) is 6.20 Å². The van der Waals surface area contributed by atoms with Crippen LogP contribution in [-0.4, -0.2) is 65.2 Å². The van der Waals surface area contributed by atoms with E-state index in [0.717, 1.165) is 25.9 Å². The highest BCUT2D eigenvalue weighted by Crippen LogP contribution is 2.17. The van der Waals surface area contributed by atoms with Crippen LogP contribution in [0.4, 0.5) is 0 Å². The van der Waals surface area contributed by atoms with Gasteiger partial charge in [0, 0.05) is 19.7 Å². The molecule has 0 aliphatic carbocycles. The number of methoxy groups -OCH3 is 1. The predicted octanol–water partition coefficient (Wildman–Crippen LogP) is 0.700. The van der Waals surface area contributed by atoms with Crippen molar-refractivity contribution in [1.82, 2.24) is 25.2 Å². The summed E-state index contributed by atoms with van der Waals surface area (Å²) in [7, 11) is 1.64. The minimum Gasteiger partial charge on any atom is -0.383 e. The molecule has 0 bridgehead atoms. The van der Waals surface area contributed by atoms with Gasteiger partial charge in [0.1, 0.15) is 0 Å². The number of hydrogen-bond donors (Lipinski definition) is 1. The van der Waals surface area contributed by atoms with E-state index in [-0.39, 0.29) is 11.9 Å². The van der Waals surface area contributed by atoms with E-state index in [4.69, 9.17) is 4.74 Å². The monoisotopic (exact) mass is 295 g/mol. The first-order valence-corrected chi connectivity index (χ1v) is 7.56. The van der Waals surface area contributed by atoms with Gasteiger partial charge >= 0.3 is 0 Å². The van der Waals surface area contributed by atoms with Gasteiger partial charge < -0.3 is 15.0 Å². The Kier molecular flexibility index (Phi) is 5.69. The molecule has 0 aromatic carbocycles. The maximum absolute atomic E-state index is 12.5. The molecule has 21 heavy (non-hydrogen) atoms. The minimum absolute atomic E-state index is 0.0813. The van der Waals surface area contributed by atoms with Gasteiger partial charge in [-0.05, 0) is 39.8 Å². The van der Waals surface area contributed by atoms with Gasteiger partial charge in [-0.15, -0.1) is 5.10 Å². The third kappa shape index (κ3) is 4.01. The lowest BCUT2D eigenvalue weighted by Gasteiger charge is -2.25. The van der Waals surface area contributed by atoms with E-state index >= 15 is 0 Å². The summed E-state index contributed by atoms with van der Waals surface area (Å²) >= 11 is 0. The van der Waals surface area contributed by atoms with Crippen molar-refractivity contribution in [2.45, 2.75) is 38.8 Å². The molecule has 1 N–H and O–H groups in total. The molecule has 0 atom stereocenters. The third-order valence-corrected chi connectivity index (χ3v) is 3.83. The highest BCUT2D eigenvalue weighted by Gasteiger charge is 2.23. The van der Waals surface area contributed by atoms with Crippen molar-refractivity contribution in [1.29, 1.82) is 0 Å². The number of aromatic nitrogens is 3. The van der Waals surface area contributed by atoms with Crippen molar-refractivity contribution in [3.8, 4) is 0 Å². The van der Waals surface area contributed by atoms with Crippen LogP contribution in [0.5, 0.6) is 0 Å². The van der Waals surface area contributed by atoms with Crippen LogP contribution in [-0.2, 0) is 4.74 Å². The summed E-state index contributed by atoms with van der Waals surface area (Å²) in [6.07, 6.45) is 3.82. The molecule has 7 heteroatoms. The molecule has 7 nitrogen and oxygen atoms in total. The first kappa shape index (κ1) is 15.9. The summed E-state index contributed by atoms with van der Waals surface area (Å²) in [5.74, 6) is -0.0813. The van der Waals surface area contributed by atoms with Crippen LogP contribution in [0.1, 0.15) is 43.2 Å². The third-order valence-electron chi connectivity index (χ3n) is 3.83. The Morgan fingerprint density at radius 3 is 2.86 bits per heavy atom. The summed E-state index contributed by atoms with van der Waals surface area (Å²) < 4.78 is 6.90. The van der Waals surface area contributed by atoms with Gasteiger partial charge in [0.05, 0.1) is 18.8 Å². The van der Waals surface area contributed by atoms with Crippen LogP contribution < -0.4 is 5.32 Å². The molecule has 0 spiro atoms. The summed E-state index contributed by atoms with van der Waals surface area (Å²) in [4.78, 5) is 14.3. The summed E-state index contributed by atoms with van der Waals surface area (Å²) in [5, 5.41) is 11.5. The number of carbonyl (C=O) groups is 1. The molecule has 1 aliphatic heterocycles.